The summed E-state index contributed by atoms with van der Waals surface area (Å²) in [5, 5.41) is 34.2. The van der Waals surface area contributed by atoms with Crippen LogP contribution in [0.5, 0.6) is 17.2 Å². The normalized spacial score (nSPS) is 15.4. The predicted molar refractivity (Wildman–Crippen MR) is 252 cm³/mol. The highest BCUT2D eigenvalue weighted by Gasteiger charge is 2.40. The van der Waals surface area contributed by atoms with Gasteiger partial charge in [-0.15, -0.1) is 0 Å². The van der Waals surface area contributed by atoms with E-state index in [2.05, 4.69) is 27.9 Å². The van der Waals surface area contributed by atoms with E-state index >= 15 is 0 Å². The quantitative estimate of drug-likeness (QED) is 0.0483. The summed E-state index contributed by atoms with van der Waals surface area (Å²) in [6, 6.07) is 18.0. The van der Waals surface area contributed by atoms with Crippen LogP contribution in [0.1, 0.15) is 122 Å². The van der Waals surface area contributed by atoms with Gasteiger partial charge in [0.05, 0.1) is 27.1 Å². The lowest BCUT2D eigenvalue weighted by Gasteiger charge is -2.23. The van der Waals surface area contributed by atoms with Gasteiger partial charge in [-0.1, -0.05) is 133 Å². The first-order chi connectivity index (χ1) is 29.6. The largest absolute Gasteiger partial charge is 0.508 e. The zero-order valence-electron chi connectivity index (χ0n) is 36.3. The molecule has 11 nitrogen and oxygen atoms in total. The highest BCUT2D eigenvalue weighted by molar-refractivity contribution is 6.36. The van der Waals surface area contributed by atoms with Crippen LogP contribution >= 0.6 is 34.8 Å². The number of nitrogens with zero attached hydrogens (tertiary/aromatic N) is 4. The molecule has 1 aliphatic rings. The highest BCUT2D eigenvalue weighted by atomic mass is 35.5. The molecule has 0 saturated carbocycles. The molecule has 1 saturated heterocycles. The average molecular weight is 906 g/mol. The van der Waals surface area contributed by atoms with Gasteiger partial charge in [0.1, 0.15) is 17.2 Å². The number of phenolic OH excluding ortho intramolecular Hbond substituents is 2. The monoisotopic (exact) mass is 904 g/mol. The molecule has 4 N–H and O–H groups in total. The summed E-state index contributed by atoms with van der Waals surface area (Å²) in [6.45, 7) is 10.0. The Balaban J connectivity index is 1.35. The van der Waals surface area contributed by atoms with E-state index < -0.39 is 18.1 Å². The molecule has 1 aliphatic heterocycles. The maximum absolute atomic E-state index is 14.1. The summed E-state index contributed by atoms with van der Waals surface area (Å²) in [5.74, 6) is -0.0751. The van der Waals surface area contributed by atoms with Gasteiger partial charge in [0.15, 0.2) is 11.9 Å². The molecule has 1 fully saturated rings. The van der Waals surface area contributed by atoms with E-state index in [0.29, 0.717) is 39.7 Å². The summed E-state index contributed by atoms with van der Waals surface area (Å²) >= 11 is 19.5. The third kappa shape index (κ3) is 13.8. The Morgan fingerprint density at radius 3 is 2.15 bits per heavy atom. The first-order valence-electron chi connectivity index (χ1n) is 21.6. The lowest BCUT2D eigenvalue weighted by molar-refractivity contribution is -0.123. The molecule has 1 heterocycles. The smallest absolute Gasteiger partial charge is 0.280 e. The number of hydrogen-bond donors (Lipinski definition) is 4. The molecule has 332 valence electrons. The van der Waals surface area contributed by atoms with Gasteiger partial charge in [-0.2, -0.15) is 10.2 Å². The fraction of sp³-hybridized carbons (Fsp3) is 0.438. The van der Waals surface area contributed by atoms with E-state index in [1.165, 1.54) is 81.0 Å². The fourth-order valence-corrected chi connectivity index (χ4v) is 7.69. The molecule has 2 amide bonds. The summed E-state index contributed by atoms with van der Waals surface area (Å²) in [6.07, 6.45) is 14.0. The van der Waals surface area contributed by atoms with Crippen LogP contribution in [0, 0.1) is 6.92 Å². The van der Waals surface area contributed by atoms with E-state index in [1.54, 1.807) is 61.5 Å². The van der Waals surface area contributed by atoms with E-state index in [9.17, 15) is 19.8 Å². The van der Waals surface area contributed by atoms with Crippen molar-refractivity contribution in [1.29, 1.82) is 0 Å². The molecule has 0 radical (unpaired) electrons. The van der Waals surface area contributed by atoms with Crippen molar-refractivity contribution in [3.8, 4) is 17.2 Å². The van der Waals surface area contributed by atoms with Crippen molar-refractivity contribution >= 4 is 75.2 Å². The van der Waals surface area contributed by atoms with Crippen LogP contribution in [-0.4, -0.2) is 40.0 Å². The van der Waals surface area contributed by atoms with Gasteiger partial charge in [0.2, 0.25) is 6.04 Å². The molecule has 0 bridgehead atoms. The van der Waals surface area contributed by atoms with Crippen LogP contribution in [0.15, 0.2) is 88.0 Å². The van der Waals surface area contributed by atoms with Gasteiger partial charge in [0.25, 0.3) is 11.8 Å². The van der Waals surface area contributed by atoms with Gasteiger partial charge >= 0.3 is 0 Å². The number of unbranched alkanes of at least 4 members (excludes halogenated alkanes) is 11. The Morgan fingerprint density at radius 2 is 1.48 bits per heavy atom. The number of amidine groups is 1. The van der Waals surface area contributed by atoms with Crippen LogP contribution in [0.3, 0.4) is 0 Å². The van der Waals surface area contributed by atoms with Gasteiger partial charge < -0.3 is 20.3 Å². The number of azo groups is 1. The number of rotatable bonds is 21. The molecule has 2 unspecified atom stereocenters. The molecule has 0 spiro atoms. The Hall–Kier alpha value is -4.84. The minimum atomic E-state index is -1.25. The number of benzene rings is 4. The van der Waals surface area contributed by atoms with Crippen LogP contribution in [0.2, 0.25) is 15.1 Å². The van der Waals surface area contributed by atoms with Crippen molar-refractivity contribution in [2.45, 2.75) is 136 Å². The standard InChI is InChI=1S/C48H59Cl3N6O5/c1-6-7-8-9-10-11-12-13-14-15-16-17-18-43(62-35-22-26-42(59)36(30-35)48(3,4)5)46(60)52-33-20-24-37(50)40(29-33)53-45-44(55-54-39-25-21-34(58)27-31(39)2)47(61)57(56-45)41-28-32(49)19-23-38(41)51/h19-30,43-44,58-59H,6-18H2,1-5H3,(H,52,60)(H,53,56). The Morgan fingerprint density at radius 1 is 0.823 bits per heavy atom. The van der Waals surface area contributed by atoms with Gasteiger partial charge in [-0.05, 0) is 104 Å². The second-order valence-corrected chi connectivity index (χ2v) is 18.1. The third-order valence-electron chi connectivity index (χ3n) is 10.7. The molecule has 14 heteroatoms. The van der Waals surface area contributed by atoms with Gasteiger partial charge in [-0.3, -0.25) is 15.0 Å². The van der Waals surface area contributed by atoms with Crippen LogP contribution in [0.25, 0.3) is 0 Å². The second-order valence-electron chi connectivity index (χ2n) is 16.8. The van der Waals surface area contributed by atoms with E-state index in [-0.39, 0.29) is 50.1 Å². The minimum absolute atomic E-state index is 0.0722. The average Bonchev–Trinajstić information content (AvgIpc) is 3.53. The number of hydrazine groups is 1. The Kier molecular flexibility index (Phi) is 17.9. The number of amides is 2. The van der Waals surface area contributed by atoms with Gasteiger partial charge in [-0.25, -0.2) is 10.0 Å². The minimum Gasteiger partial charge on any atom is -0.508 e. The number of aliphatic imine (C=N–C) groups is 1. The lowest BCUT2D eigenvalue weighted by Crippen LogP contribution is -2.36. The maximum Gasteiger partial charge on any atom is 0.280 e. The predicted octanol–water partition coefficient (Wildman–Crippen LogP) is 13.9. The number of halogens is 3. The first-order valence-corrected chi connectivity index (χ1v) is 22.7. The third-order valence-corrected chi connectivity index (χ3v) is 11.5. The van der Waals surface area contributed by atoms with E-state index in [1.807, 2.05) is 20.8 Å². The summed E-state index contributed by atoms with van der Waals surface area (Å²) in [4.78, 5) is 32.8. The van der Waals surface area contributed by atoms with Crippen molar-refractivity contribution in [1.82, 2.24) is 5.43 Å². The SMILES string of the molecule is CCCCCCCCCCCCCCC(Oc1ccc(O)c(C(C)(C)C)c1)C(=O)Nc1ccc(Cl)c(N=C2NN(c3cc(Cl)ccc3Cl)C(=O)C2N=Nc2ccc(O)cc2C)c1. The Bertz CT molecular complexity index is 2230. The van der Waals surface area contributed by atoms with E-state index in [4.69, 9.17) is 44.5 Å². The summed E-state index contributed by atoms with van der Waals surface area (Å²) in [5.41, 5.74) is 5.39. The van der Waals surface area contributed by atoms with Crippen molar-refractivity contribution in [3.63, 3.8) is 0 Å². The number of aryl methyl sites for hydroxylation is 1. The fourth-order valence-electron chi connectivity index (χ4n) is 7.16. The van der Waals surface area contributed by atoms with Crippen LogP contribution in [0.4, 0.5) is 22.7 Å². The molecule has 4 aromatic rings. The molecule has 4 aromatic carbocycles. The second kappa shape index (κ2) is 23.0. The van der Waals surface area contributed by atoms with Crippen LogP contribution in [-0.2, 0) is 15.0 Å². The number of ether oxygens (including phenoxy) is 1. The molecule has 5 rings (SSSR count). The molecule has 0 aliphatic carbocycles. The number of carbonyl (C=O) groups excluding carboxylic acids is 2. The molecule has 2 atom stereocenters. The number of hydrogen-bond acceptors (Lipinski definition) is 8. The van der Waals surface area contributed by atoms with Crippen molar-refractivity contribution < 1.29 is 24.5 Å². The summed E-state index contributed by atoms with van der Waals surface area (Å²) < 4.78 is 6.39. The molecule has 0 aromatic heterocycles. The number of aromatic hydroxyl groups is 2. The first kappa shape index (κ1) is 48.2. The van der Waals surface area contributed by atoms with Crippen LogP contribution < -0.4 is 20.5 Å². The highest BCUT2D eigenvalue weighted by Crippen LogP contribution is 2.36. The van der Waals surface area contributed by atoms with Gasteiger partial charge in [0, 0.05) is 16.3 Å². The topological polar surface area (TPSA) is 148 Å². The molecular weight excluding hydrogens is 847 g/mol. The van der Waals surface area contributed by atoms with Crippen molar-refractivity contribution in [2.75, 3.05) is 10.3 Å². The van der Waals surface area contributed by atoms with Crippen molar-refractivity contribution in [2.24, 2.45) is 15.2 Å². The molecular formula is C48H59Cl3N6O5. The number of carbonyl (C=O) groups is 2. The number of anilines is 2. The van der Waals surface area contributed by atoms with Crippen molar-refractivity contribution in [3.05, 3.63) is 99.0 Å². The Labute approximate surface area is 380 Å². The summed E-state index contributed by atoms with van der Waals surface area (Å²) in [7, 11) is 0. The number of phenols is 2. The number of nitrogens with one attached hydrogen (secondary N) is 2. The lowest BCUT2D eigenvalue weighted by atomic mass is 9.86. The zero-order valence-corrected chi connectivity index (χ0v) is 38.6. The molecule has 62 heavy (non-hydrogen) atoms. The maximum atomic E-state index is 14.1. The zero-order chi connectivity index (χ0) is 44.8. The van der Waals surface area contributed by atoms with E-state index in [0.717, 1.165) is 19.3 Å².